The second-order valence-corrected chi connectivity index (χ2v) is 1.22. The van der Waals surface area contributed by atoms with Crippen LogP contribution >= 0.6 is 0 Å². The Bertz CT molecular complexity index is 84.1. The van der Waals surface area contributed by atoms with Crippen LogP contribution in [-0.2, 0) is 9.53 Å². The molecule has 0 fully saturated rings. The molecule has 0 amide bonds. The first kappa shape index (κ1) is 6.21. The number of aldehydes is 1. The van der Waals surface area contributed by atoms with Crippen LogP contribution in [0.5, 0.6) is 0 Å². The standard InChI is InChI=1S/C5H8O2/c1-5(3-6)4-7-2/h3-4H,1-2H3/b5-4-. The first-order chi connectivity index (χ1) is 3.31. The SMILES string of the molecule is CO/C=C(/C)C=O. The maximum absolute atomic E-state index is 9.75. The fourth-order valence-electron chi connectivity index (χ4n) is 0.214. The van der Waals surface area contributed by atoms with Crippen molar-refractivity contribution in [1.29, 1.82) is 0 Å². The number of hydrogen-bond acceptors (Lipinski definition) is 2. The Morgan fingerprint density at radius 3 is 2.43 bits per heavy atom. The van der Waals surface area contributed by atoms with E-state index in [1.54, 1.807) is 6.92 Å². The molecule has 0 bridgehead atoms. The summed E-state index contributed by atoms with van der Waals surface area (Å²) in [6, 6.07) is 0. The van der Waals surface area contributed by atoms with Gasteiger partial charge in [0.1, 0.15) is 6.29 Å². The highest BCUT2D eigenvalue weighted by molar-refractivity contribution is 5.71. The molecule has 0 aliphatic carbocycles. The summed E-state index contributed by atoms with van der Waals surface area (Å²) in [5.41, 5.74) is 0.600. The van der Waals surface area contributed by atoms with E-state index in [1.165, 1.54) is 13.4 Å². The number of allylic oxidation sites excluding steroid dienone is 1. The van der Waals surface area contributed by atoms with Gasteiger partial charge in [0.15, 0.2) is 0 Å². The van der Waals surface area contributed by atoms with Crippen LogP contribution in [0.25, 0.3) is 0 Å². The summed E-state index contributed by atoms with van der Waals surface area (Å²) in [4.78, 5) is 9.75. The molecule has 0 aliphatic rings. The third-order valence-corrected chi connectivity index (χ3v) is 0.490. The lowest BCUT2D eigenvalue weighted by molar-refractivity contribution is -0.105. The van der Waals surface area contributed by atoms with Crippen molar-refractivity contribution in [2.24, 2.45) is 0 Å². The van der Waals surface area contributed by atoms with Crippen molar-refractivity contribution in [2.45, 2.75) is 6.92 Å². The molecule has 0 heterocycles. The summed E-state index contributed by atoms with van der Waals surface area (Å²) in [7, 11) is 1.51. The van der Waals surface area contributed by atoms with Crippen molar-refractivity contribution in [1.82, 2.24) is 0 Å². The van der Waals surface area contributed by atoms with Crippen LogP contribution in [-0.4, -0.2) is 13.4 Å². The molecule has 40 valence electrons. The van der Waals surface area contributed by atoms with Gasteiger partial charge in [-0.15, -0.1) is 0 Å². The first-order valence-corrected chi connectivity index (χ1v) is 1.96. The molecule has 0 saturated heterocycles. The maximum Gasteiger partial charge on any atom is 0.148 e. The normalized spacial score (nSPS) is 10.9. The average Bonchev–Trinajstić information content (AvgIpc) is 1.68. The highest BCUT2D eigenvalue weighted by Crippen LogP contribution is 1.82. The third kappa shape index (κ3) is 3.03. The molecule has 0 unspecified atom stereocenters. The van der Waals surface area contributed by atoms with Crippen molar-refractivity contribution >= 4 is 6.29 Å². The predicted molar refractivity (Wildman–Crippen MR) is 26.8 cm³/mol. The van der Waals surface area contributed by atoms with E-state index in [0.29, 0.717) is 5.57 Å². The van der Waals surface area contributed by atoms with E-state index in [0.717, 1.165) is 6.29 Å². The Morgan fingerprint density at radius 1 is 1.71 bits per heavy atom. The summed E-state index contributed by atoms with van der Waals surface area (Å²) in [6.07, 6.45) is 2.14. The number of hydrogen-bond donors (Lipinski definition) is 0. The van der Waals surface area contributed by atoms with E-state index in [4.69, 9.17) is 0 Å². The summed E-state index contributed by atoms with van der Waals surface area (Å²) >= 11 is 0. The van der Waals surface area contributed by atoms with Crippen molar-refractivity contribution in [3.63, 3.8) is 0 Å². The largest absolute Gasteiger partial charge is 0.504 e. The molecule has 2 heteroatoms. The zero-order valence-electron chi connectivity index (χ0n) is 4.47. The van der Waals surface area contributed by atoms with Crippen molar-refractivity contribution in [3.8, 4) is 0 Å². The Morgan fingerprint density at radius 2 is 2.29 bits per heavy atom. The molecule has 0 spiro atoms. The average molecular weight is 100 g/mol. The fraction of sp³-hybridized carbons (Fsp3) is 0.400. The molecular formula is C5H8O2. The molecule has 0 aliphatic heterocycles. The topological polar surface area (TPSA) is 26.3 Å². The van der Waals surface area contributed by atoms with Crippen molar-refractivity contribution < 1.29 is 9.53 Å². The second kappa shape index (κ2) is 3.40. The van der Waals surface area contributed by atoms with Gasteiger partial charge in [0, 0.05) is 5.57 Å². The Hall–Kier alpha value is -0.790. The maximum atomic E-state index is 9.75. The zero-order chi connectivity index (χ0) is 5.70. The lowest BCUT2D eigenvalue weighted by atomic mass is 10.4. The second-order valence-electron chi connectivity index (χ2n) is 1.22. The van der Waals surface area contributed by atoms with E-state index in [9.17, 15) is 4.79 Å². The van der Waals surface area contributed by atoms with Gasteiger partial charge in [-0.1, -0.05) is 0 Å². The third-order valence-electron chi connectivity index (χ3n) is 0.490. The zero-order valence-corrected chi connectivity index (χ0v) is 4.47. The van der Waals surface area contributed by atoms with Gasteiger partial charge >= 0.3 is 0 Å². The van der Waals surface area contributed by atoms with Crippen molar-refractivity contribution in [3.05, 3.63) is 11.8 Å². The quantitative estimate of drug-likeness (QED) is 0.290. The smallest absolute Gasteiger partial charge is 0.148 e. The van der Waals surface area contributed by atoms with E-state index < -0.39 is 0 Å². The molecule has 0 saturated carbocycles. The van der Waals surface area contributed by atoms with Gasteiger partial charge in [-0.25, -0.2) is 0 Å². The van der Waals surface area contributed by atoms with Gasteiger partial charge < -0.3 is 4.74 Å². The molecule has 0 atom stereocenters. The Kier molecular flexibility index (Phi) is 3.02. The summed E-state index contributed by atoms with van der Waals surface area (Å²) in [5, 5.41) is 0. The summed E-state index contributed by atoms with van der Waals surface area (Å²) < 4.78 is 4.50. The minimum atomic E-state index is 0.600. The van der Waals surface area contributed by atoms with Gasteiger partial charge in [0.05, 0.1) is 13.4 Å². The van der Waals surface area contributed by atoms with Crippen molar-refractivity contribution in [2.75, 3.05) is 7.11 Å². The molecule has 0 aromatic rings. The fourth-order valence-corrected chi connectivity index (χ4v) is 0.214. The molecule has 0 aromatic carbocycles. The van der Waals surface area contributed by atoms with E-state index in [2.05, 4.69) is 4.74 Å². The van der Waals surface area contributed by atoms with Gasteiger partial charge in [0.25, 0.3) is 0 Å². The van der Waals surface area contributed by atoms with E-state index >= 15 is 0 Å². The van der Waals surface area contributed by atoms with Crippen LogP contribution in [0.15, 0.2) is 11.8 Å². The van der Waals surface area contributed by atoms with Crippen LogP contribution in [0.2, 0.25) is 0 Å². The van der Waals surface area contributed by atoms with Gasteiger partial charge in [0.2, 0.25) is 0 Å². The van der Waals surface area contributed by atoms with Gasteiger partial charge in [-0.05, 0) is 6.92 Å². The number of ether oxygens (including phenoxy) is 1. The molecule has 0 N–H and O–H groups in total. The lowest BCUT2D eigenvalue weighted by Gasteiger charge is -1.84. The highest BCUT2D eigenvalue weighted by atomic mass is 16.5. The van der Waals surface area contributed by atoms with Crippen LogP contribution in [0, 0.1) is 0 Å². The molecule has 2 nitrogen and oxygen atoms in total. The van der Waals surface area contributed by atoms with Crippen LogP contribution < -0.4 is 0 Å². The van der Waals surface area contributed by atoms with Crippen LogP contribution in [0.4, 0.5) is 0 Å². The minimum Gasteiger partial charge on any atom is -0.504 e. The van der Waals surface area contributed by atoms with E-state index in [-0.39, 0.29) is 0 Å². The number of rotatable bonds is 2. The molecular weight excluding hydrogens is 92.1 g/mol. The summed E-state index contributed by atoms with van der Waals surface area (Å²) in [6.45, 7) is 1.68. The Balaban J connectivity index is 3.49. The summed E-state index contributed by atoms with van der Waals surface area (Å²) in [5.74, 6) is 0. The highest BCUT2D eigenvalue weighted by Gasteiger charge is 1.77. The number of methoxy groups -OCH3 is 1. The van der Waals surface area contributed by atoms with Crippen LogP contribution in [0.1, 0.15) is 6.92 Å². The molecule has 0 radical (unpaired) electrons. The number of carbonyl (C=O) groups excluding carboxylic acids is 1. The van der Waals surface area contributed by atoms with Gasteiger partial charge in [-0.2, -0.15) is 0 Å². The predicted octanol–water partition coefficient (Wildman–Crippen LogP) is 0.736. The first-order valence-electron chi connectivity index (χ1n) is 1.96. The minimum absolute atomic E-state index is 0.600. The molecule has 7 heavy (non-hydrogen) atoms. The Labute approximate surface area is 42.8 Å². The molecule has 0 rings (SSSR count). The lowest BCUT2D eigenvalue weighted by Crippen LogP contribution is -1.75. The molecule has 0 aromatic heterocycles. The van der Waals surface area contributed by atoms with E-state index in [1.807, 2.05) is 0 Å². The monoisotopic (exact) mass is 100 g/mol. The number of carbonyl (C=O) groups is 1. The van der Waals surface area contributed by atoms with Crippen LogP contribution in [0.3, 0.4) is 0 Å². The van der Waals surface area contributed by atoms with Gasteiger partial charge in [-0.3, -0.25) is 4.79 Å².